The van der Waals surface area contributed by atoms with Gasteiger partial charge in [-0.05, 0) is 5.56 Å². The molecule has 70 valence electrons. The average molecular weight is 200 g/mol. The van der Waals surface area contributed by atoms with Crippen LogP contribution in [0.5, 0.6) is 0 Å². The molecule has 3 N–H and O–H groups in total. The van der Waals surface area contributed by atoms with E-state index in [0.29, 0.717) is 0 Å². The Kier molecular flexibility index (Phi) is 3.28. The molecule has 0 amide bonds. The molecule has 0 aliphatic carbocycles. The molecule has 0 bridgehead atoms. The highest BCUT2D eigenvalue weighted by Crippen LogP contribution is 2.22. The van der Waals surface area contributed by atoms with Crippen molar-refractivity contribution in [3.05, 3.63) is 35.9 Å². The Morgan fingerprint density at radius 2 is 1.92 bits per heavy atom. The summed E-state index contributed by atoms with van der Waals surface area (Å²) in [5.41, 5.74) is 6.08. The van der Waals surface area contributed by atoms with Gasteiger partial charge < -0.3 is 10.8 Å². The summed E-state index contributed by atoms with van der Waals surface area (Å²) in [5.74, 6) is -1.09. The molecule has 0 saturated carbocycles. The third-order valence-electron chi connectivity index (χ3n) is 1.72. The number of nitrogens with two attached hydrogens (primary N) is 1. The van der Waals surface area contributed by atoms with Crippen molar-refractivity contribution in [1.29, 1.82) is 0 Å². The van der Waals surface area contributed by atoms with Crippen molar-refractivity contribution in [2.45, 2.75) is 11.4 Å². The number of carboxylic acid groups (broad SMARTS) is 1. The standard InChI is InChI=1S/C9H10ClNO2/c10-7(8(11)9(12)13)6-4-2-1-3-5-6/h1-5,7-8H,11H2,(H,12,13)/t7-,8+/m1/s1. The second-order valence-corrected chi connectivity index (χ2v) is 3.15. The molecule has 0 aromatic heterocycles. The molecule has 0 fully saturated rings. The minimum atomic E-state index is -1.09. The van der Waals surface area contributed by atoms with E-state index < -0.39 is 17.4 Å². The normalized spacial score (nSPS) is 14.9. The van der Waals surface area contributed by atoms with Crippen LogP contribution in [-0.4, -0.2) is 17.1 Å². The van der Waals surface area contributed by atoms with Crippen LogP contribution in [0, 0.1) is 0 Å². The monoisotopic (exact) mass is 199 g/mol. The second-order valence-electron chi connectivity index (χ2n) is 2.68. The zero-order valence-electron chi connectivity index (χ0n) is 6.85. The van der Waals surface area contributed by atoms with Crippen LogP contribution in [0.3, 0.4) is 0 Å². The fraction of sp³-hybridized carbons (Fsp3) is 0.222. The van der Waals surface area contributed by atoms with Gasteiger partial charge in [-0.3, -0.25) is 4.79 Å². The Morgan fingerprint density at radius 1 is 1.38 bits per heavy atom. The Bertz CT molecular complexity index is 289. The Morgan fingerprint density at radius 3 is 2.38 bits per heavy atom. The molecular weight excluding hydrogens is 190 g/mol. The van der Waals surface area contributed by atoms with E-state index in [9.17, 15) is 4.79 Å². The van der Waals surface area contributed by atoms with Gasteiger partial charge in [0.05, 0.1) is 5.38 Å². The Labute approximate surface area is 81.1 Å². The fourth-order valence-electron chi connectivity index (χ4n) is 0.969. The molecule has 1 aromatic carbocycles. The summed E-state index contributed by atoms with van der Waals surface area (Å²) in [4.78, 5) is 10.5. The van der Waals surface area contributed by atoms with E-state index >= 15 is 0 Å². The molecule has 4 heteroatoms. The van der Waals surface area contributed by atoms with Crippen LogP contribution >= 0.6 is 11.6 Å². The minimum Gasteiger partial charge on any atom is -0.480 e. The van der Waals surface area contributed by atoms with Crippen LogP contribution in [0.4, 0.5) is 0 Å². The highest BCUT2D eigenvalue weighted by atomic mass is 35.5. The van der Waals surface area contributed by atoms with Crippen LogP contribution < -0.4 is 5.73 Å². The summed E-state index contributed by atoms with van der Waals surface area (Å²) in [6, 6.07) is 7.85. The molecule has 2 atom stereocenters. The van der Waals surface area contributed by atoms with Gasteiger partial charge in [0.15, 0.2) is 0 Å². The lowest BCUT2D eigenvalue weighted by molar-refractivity contribution is -0.138. The molecule has 3 nitrogen and oxygen atoms in total. The van der Waals surface area contributed by atoms with Gasteiger partial charge in [0.2, 0.25) is 0 Å². The number of alkyl halides is 1. The summed E-state index contributed by atoms with van der Waals surface area (Å²) in [6.45, 7) is 0. The number of aliphatic carboxylic acids is 1. The van der Waals surface area contributed by atoms with Crippen LogP contribution in [0.2, 0.25) is 0 Å². The Balaban J connectivity index is 2.79. The lowest BCUT2D eigenvalue weighted by atomic mass is 10.1. The van der Waals surface area contributed by atoms with Crippen molar-refractivity contribution in [3.63, 3.8) is 0 Å². The number of benzene rings is 1. The van der Waals surface area contributed by atoms with Crippen molar-refractivity contribution < 1.29 is 9.90 Å². The van der Waals surface area contributed by atoms with E-state index in [1.807, 2.05) is 6.07 Å². The number of hydrogen-bond donors (Lipinski definition) is 2. The molecule has 0 aliphatic heterocycles. The van der Waals surface area contributed by atoms with Gasteiger partial charge in [-0.15, -0.1) is 11.6 Å². The number of halogens is 1. The lowest BCUT2D eigenvalue weighted by Gasteiger charge is -2.13. The maximum Gasteiger partial charge on any atom is 0.322 e. The fourth-order valence-corrected chi connectivity index (χ4v) is 1.22. The van der Waals surface area contributed by atoms with Gasteiger partial charge in [-0.1, -0.05) is 30.3 Å². The summed E-state index contributed by atoms with van der Waals surface area (Å²) in [7, 11) is 0. The predicted octanol–water partition coefficient (Wildman–Crippen LogP) is 1.38. The predicted molar refractivity (Wildman–Crippen MR) is 50.6 cm³/mol. The first-order valence-electron chi connectivity index (χ1n) is 3.80. The first kappa shape index (κ1) is 10.0. The lowest BCUT2D eigenvalue weighted by Crippen LogP contribution is -2.34. The van der Waals surface area contributed by atoms with Gasteiger partial charge in [-0.25, -0.2) is 0 Å². The third-order valence-corrected chi connectivity index (χ3v) is 2.24. The van der Waals surface area contributed by atoms with Gasteiger partial charge in [0, 0.05) is 0 Å². The summed E-state index contributed by atoms with van der Waals surface area (Å²) in [6.07, 6.45) is 0. The average Bonchev–Trinajstić information content (AvgIpc) is 2.17. The SMILES string of the molecule is N[C@H](C(=O)O)[C@H](Cl)c1ccccc1. The smallest absolute Gasteiger partial charge is 0.322 e. The topological polar surface area (TPSA) is 63.3 Å². The summed E-state index contributed by atoms with van der Waals surface area (Å²) < 4.78 is 0. The van der Waals surface area contributed by atoms with Crippen molar-refractivity contribution in [2.75, 3.05) is 0 Å². The van der Waals surface area contributed by atoms with Crippen molar-refractivity contribution in [3.8, 4) is 0 Å². The second kappa shape index (κ2) is 4.25. The first-order chi connectivity index (χ1) is 6.13. The molecule has 13 heavy (non-hydrogen) atoms. The van der Waals surface area contributed by atoms with E-state index in [1.165, 1.54) is 0 Å². The van der Waals surface area contributed by atoms with Gasteiger partial charge in [-0.2, -0.15) is 0 Å². The number of rotatable bonds is 3. The van der Waals surface area contributed by atoms with Crippen molar-refractivity contribution in [1.82, 2.24) is 0 Å². The molecular formula is C9H10ClNO2. The van der Waals surface area contributed by atoms with Crippen molar-refractivity contribution in [2.24, 2.45) is 5.73 Å². The Hall–Kier alpha value is -1.06. The molecule has 0 saturated heterocycles. The van der Waals surface area contributed by atoms with E-state index in [-0.39, 0.29) is 0 Å². The largest absolute Gasteiger partial charge is 0.480 e. The highest BCUT2D eigenvalue weighted by Gasteiger charge is 2.22. The molecule has 0 spiro atoms. The van der Waals surface area contributed by atoms with Crippen LogP contribution in [0.1, 0.15) is 10.9 Å². The minimum absolute atomic E-state index is 0.682. The van der Waals surface area contributed by atoms with E-state index in [1.54, 1.807) is 24.3 Å². The summed E-state index contributed by atoms with van der Waals surface area (Å²) >= 11 is 5.85. The van der Waals surface area contributed by atoms with Gasteiger partial charge in [0.25, 0.3) is 0 Å². The van der Waals surface area contributed by atoms with E-state index in [0.717, 1.165) is 5.56 Å². The number of carbonyl (C=O) groups is 1. The molecule has 0 radical (unpaired) electrons. The van der Waals surface area contributed by atoms with Gasteiger partial charge >= 0.3 is 5.97 Å². The first-order valence-corrected chi connectivity index (χ1v) is 4.24. The third kappa shape index (κ3) is 2.44. The zero-order valence-corrected chi connectivity index (χ0v) is 7.61. The van der Waals surface area contributed by atoms with Crippen molar-refractivity contribution >= 4 is 17.6 Å². The zero-order chi connectivity index (χ0) is 9.84. The molecule has 0 aliphatic rings. The van der Waals surface area contributed by atoms with E-state index in [2.05, 4.69) is 0 Å². The van der Waals surface area contributed by atoms with E-state index in [4.69, 9.17) is 22.4 Å². The van der Waals surface area contributed by atoms with Crippen LogP contribution in [0.25, 0.3) is 0 Å². The van der Waals surface area contributed by atoms with Crippen LogP contribution in [0.15, 0.2) is 30.3 Å². The summed E-state index contributed by atoms with van der Waals surface area (Å²) in [5, 5.41) is 7.92. The molecule has 1 aromatic rings. The van der Waals surface area contributed by atoms with Crippen LogP contribution in [-0.2, 0) is 4.79 Å². The maximum atomic E-state index is 10.5. The number of hydrogen-bond acceptors (Lipinski definition) is 2. The quantitative estimate of drug-likeness (QED) is 0.723. The molecule has 0 unspecified atom stereocenters. The maximum absolute atomic E-state index is 10.5. The molecule has 1 rings (SSSR count). The molecule has 0 heterocycles. The highest BCUT2D eigenvalue weighted by molar-refractivity contribution is 6.22. The van der Waals surface area contributed by atoms with Gasteiger partial charge in [0.1, 0.15) is 6.04 Å². The number of carboxylic acids is 1.